The number of likely N-dealkylation sites (tertiary alicyclic amines) is 1. The van der Waals surface area contributed by atoms with Crippen molar-refractivity contribution in [2.24, 2.45) is 11.8 Å². The second-order valence-corrected chi connectivity index (χ2v) is 7.30. The number of nitrogens with zero attached hydrogens (tertiary/aromatic N) is 2. The molecule has 0 aromatic carbocycles. The van der Waals surface area contributed by atoms with E-state index in [2.05, 4.69) is 9.88 Å². The number of ether oxygens (including phenoxy) is 2. The molecule has 3 heterocycles. The summed E-state index contributed by atoms with van der Waals surface area (Å²) in [5.74, 6) is 1.92. The molecule has 1 amide bonds. The minimum absolute atomic E-state index is 0.0339. The highest BCUT2D eigenvalue weighted by atomic mass is 16.5. The summed E-state index contributed by atoms with van der Waals surface area (Å²) in [5, 5.41) is 0. The van der Waals surface area contributed by atoms with E-state index >= 15 is 0 Å². The molecule has 5 heteroatoms. The van der Waals surface area contributed by atoms with Crippen LogP contribution in [0.15, 0.2) is 24.4 Å². The highest BCUT2D eigenvalue weighted by Crippen LogP contribution is 2.43. The number of hydrogen-bond acceptors (Lipinski definition) is 4. The molecule has 1 unspecified atom stereocenters. The van der Waals surface area contributed by atoms with Gasteiger partial charge in [0.15, 0.2) is 0 Å². The molecule has 1 saturated carbocycles. The smallest absolute Gasteiger partial charge is 0.225 e. The zero-order chi connectivity index (χ0) is 16.4. The van der Waals surface area contributed by atoms with Gasteiger partial charge in [-0.3, -0.25) is 4.79 Å². The van der Waals surface area contributed by atoms with Gasteiger partial charge in [0, 0.05) is 37.9 Å². The Hall–Kier alpha value is -1.62. The monoisotopic (exact) mass is 330 g/mol. The standard InChI is InChI=1S/C19H26N2O3/c22-18(15-4-5-15)21-11-8-19(9-12-21)16(7-14-24-19)6-13-23-17-3-1-2-10-20-17/h1-3,10,15-16H,4-9,11-14H2. The van der Waals surface area contributed by atoms with Gasteiger partial charge in [-0.2, -0.15) is 0 Å². The van der Waals surface area contributed by atoms with Crippen LogP contribution in [0.1, 0.15) is 38.5 Å². The SMILES string of the molecule is O=C(C1CC1)N1CCC2(CC1)OCCC2CCOc1ccccn1. The molecule has 1 aromatic heterocycles. The van der Waals surface area contributed by atoms with Crippen LogP contribution < -0.4 is 4.74 Å². The number of aromatic nitrogens is 1. The molecule has 3 aliphatic rings. The Labute approximate surface area is 143 Å². The third-order valence-corrected chi connectivity index (χ3v) is 5.80. The maximum absolute atomic E-state index is 12.2. The predicted molar refractivity (Wildman–Crippen MR) is 89.7 cm³/mol. The lowest BCUT2D eigenvalue weighted by Crippen LogP contribution is -2.50. The van der Waals surface area contributed by atoms with E-state index in [1.54, 1.807) is 6.20 Å². The second-order valence-electron chi connectivity index (χ2n) is 7.30. The van der Waals surface area contributed by atoms with Crippen LogP contribution in [0.4, 0.5) is 0 Å². The minimum atomic E-state index is -0.0339. The molecule has 0 bridgehead atoms. The number of carbonyl (C=O) groups excluding carboxylic acids is 1. The van der Waals surface area contributed by atoms with Crippen LogP contribution in [-0.4, -0.2) is 47.7 Å². The van der Waals surface area contributed by atoms with E-state index in [1.165, 1.54) is 0 Å². The molecule has 1 aromatic rings. The van der Waals surface area contributed by atoms with Crippen LogP contribution >= 0.6 is 0 Å². The van der Waals surface area contributed by atoms with Gasteiger partial charge in [-0.05, 0) is 50.5 Å². The van der Waals surface area contributed by atoms with Gasteiger partial charge in [0.05, 0.1) is 12.2 Å². The minimum Gasteiger partial charge on any atom is -0.478 e. The summed E-state index contributed by atoms with van der Waals surface area (Å²) < 4.78 is 12.0. The van der Waals surface area contributed by atoms with E-state index in [-0.39, 0.29) is 5.60 Å². The highest BCUT2D eigenvalue weighted by molar-refractivity contribution is 5.81. The lowest BCUT2D eigenvalue weighted by molar-refractivity contribution is -0.139. The van der Waals surface area contributed by atoms with Crippen LogP contribution in [0.25, 0.3) is 0 Å². The van der Waals surface area contributed by atoms with Crippen LogP contribution in [0.5, 0.6) is 5.88 Å². The Kier molecular flexibility index (Phi) is 4.44. The third-order valence-electron chi connectivity index (χ3n) is 5.80. The van der Waals surface area contributed by atoms with Gasteiger partial charge < -0.3 is 14.4 Å². The van der Waals surface area contributed by atoms with E-state index in [0.717, 1.165) is 58.2 Å². The maximum atomic E-state index is 12.2. The quantitative estimate of drug-likeness (QED) is 0.833. The summed E-state index contributed by atoms with van der Waals surface area (Å²) >= 11 is 0. The number of pyridine rings is 1. The zero-order valence-electron chi connectivity index (χ0n) is 14.2. The molecular formula is C19H26N2O3. The van der Waals surface area contributed by atoms with Crippen molar-refractivity contribution in [2.45, 2.75) is 44.1 Å². The molecule has 2 aliphatic heterocycles. The van der Waals surface area contributed by atoms with Crippen LogP contribution in [-0.2, 0) is 9.53 Å². The Morgan fingerprint density at radius 1 is 1.29 bits per heavy atom. The average Bonchev–Trinajstić information content (AvgIpc) is 3.41. The first-order chi connectivity index (χ1) is 11.8. The van der Waals surface area contributed by atoms with Gasteiger partial charge in [0.25, 0.3) is 0 Å². The third kappa shape index (κ3) is 3.27. The van der Waals surface area contributed by atoms with E-state index in [0.29, 0.717) is 30.2 Å². The van der Waals surface area contributed by atoms with Gasteiger partial charge in [-0.15, -0.1) is 0 Å². The predicted octanol–water partition coefficient (Wildman–Crippen LogP) is 2.66. The molecule has 2 saturated heterocycles. The van der Waals surface area contributed by atoms with Crippen molar-refractivity contribution >= 4 is 5.91 Å². The first-order valence-electron chi connectivity index (χ1n) is 9.23. The first-order valence-corrected chi connectivity index (χ1v) is 9.23. The Morgan fingerprint density at radius 2 is 2.12 bits per heavy atom. The molecule has 1 spiro atoms. The number of hydrogen-bond donors (Lipinski definition) is 0. The summed E-state index contributed by atoms with van der Waals surface area (Å²) in [7, 11) is 0. The van der Waals surface area contributed by atoms with E-state index < -0.39 is 0 Å². The Balaban J connectivity index is 1.29. The fraction of sp³-hybridized carbons (Fsp3) is 0.684. The second kappa shape index (κ2) is 6.71. The van der Waals surface area contributed by atoms with Crippen molar-refractivity contribution in [3.63, 3.8) is 0 Å². The molecule has 4 rings (SSSR count). The number of piperidine rings is 1. The van der Waals surface area contributed by atoms with E-state index in [1.807, 2.05) is 18.2 Å². The molecule has 130 valence electrons. The summed E-state index contributed by atoms with van der Waals surface area (Å²) in [6, 6.07) is 5.72. The van der Waals surface area contributed by atoms with E-state index in [9.17, 15) is 4.79 Å². The van der Waals surface area contributed by atoms with Gasteiger partial charge in [0.2, 0.25) is 11.8 Å². The molecule has 0 N–H and O–H groups in total. The maximum Gasteiger partial charge on any atom is 0.225 e. The molecular weight excluding hydrogens is 304 g/mol. The van der Waals surface area contributed by atoms with Crippen LogP contribution in [0, 0.1) is 11.8 Å². The summed E-state index contributed by atoms with van der Waals surface area (Å²) in [4.78, 5) is 18.5. The zero-order valence-corrected chi connectivity index (χ0v) is 14.2. The lowest BCUT2D eigenvalue weighted by atomic mass is 9.78. The molecule has 1 atom stereocenters. The number of rotatable bonds is 5. The van der Waals surface area contributed by atoms with Gasteiger partial charge in [-0.25, -0.2) is 4.98 Å². The van der Waals surface area contributed by atoms with Crippen LogP contribution in [0.3, 0.4) is 0 Å². The fourth-order valence-electron chi connectivity index (χ4n) is 4.18. The summed E-state index contributed by atoms with van der Waals surface area (Å²) in [5.41, 5.74) is -0.0339. The van der Waals surface area contributed by atoms with Gasteiger partial charge in [0.1, 0.15) is 0 Å². The highest BCUT2D eigenvalue weighted by Gasteiger charge is 2.47. The molecule has 0 radical (unpaired) electrons. The summed E-state index contributed by atoms with van der Waals surface area (Å²) in [6.45, 7) is 3.22. The topological polar surface area (TPSA) is 51.7 Å². The van der Waals surface area contributed by atoms with Gasteiger partial charge >= 0.3 is 0 Å². The van der Waals surface area contributed by atoms with Crippen molar-refractivity contribution in [1.29, 1.82) is 0 Å². The van der Waals surface area contributed by atoms with Crippen molar-refractivity contribution in [2.75, 3.05) is 26.3 Å². The van der Waals surface area contributed by atoms with E-state index in [4.69, 9.17) is 9.47 Å². The Morgan fingerprint density at radius 3 is 2.83 bits per heavy atom. The normalized spacial score (nSPS) is 25.8. The fourth-order valence-corrected chi connectivity index (χ4v) is 4.18. The first kappa shape index (κ1) is 15.9. The van der Waals surface area contributed by atoms with Crippen molar-refractivity contribution in [1.82, 2.24) is 9.88 Å². The van der Waals surface area contributed by atoms with Crippen molar-refractivity contribution < 1.29 is 14.3 Å². The molecule has 3 fully saturated rings. The number of amides is 1. The number of carbonyl (C=O) groups is 1. The molecule has 24 heavy (non-hydrogen) atoms. The average molecular weight is 330 g/mol. The molecule has 5 nitrogen and oxygen atoms in total. The molecule has 1 aliphatic carbocycles. The largest absolute Gasteiger partial charge is 0.478 e. The lowest BCUT2D eigenvalue weighted by Gasteiger charge is -2.42. The van der Waals surface area contributed by atoms with Crippen molar-refractivity contribution in [3.05, 3.63) is 24.4 Å². The van der Waals surface area contributed by atoms with Gasteiger partial charge in [-0.1, -0.05) is 6.07 Å². The summed E-state index contributed by atoms with van der Waals surface area (Å²) in [6.07, 6.45) is 7.96. The van der Waals surface area contributed by atoms with Crippen LogP contribution in [0.2, 0.25) is 0 Å². The van der Waals surface area contributed by atoms with Crippen molar-refractivity contribution in [3.8, 4) is 5.88 Å². The Bertz CT molecular complexity index is 565.